The first-order chi connectivity index (χ1) is 37.5. The van der Waals surface area contributed by atoms with E-state index >= 15 is 0 Å². The van der Waals surface area contributed by atoms with E-state index < -0.39 is 0 Å². The maximum absolute atomic E-state index is 6.25. The van der Waals surface area contributed by atoms with Crippen molar-refractivity contribution < 1.29 is 9.47 Å². The van der Waals surface area contributed by atoms with Crippen LogP contribution in [-0.4, -0.2) is 43.1 Å². The molecule has 0 saturated carbocycles. The molecular formula is C68H62N6O2. The van der Waals surface area contributed by atoms with Gasteiger partial charge in [-0.15, -0.1) is 0 Å². The van der Waals surface area contributed by atoms with Gasteiger partial charge in [-0.3, -0.25) is 0 Å². The summed E-state index contributed by atoms with van der Waals surface area (Å²) < 4.78 is 12.5. The molecule has 13 heterocycles. The summed E-state index contributed by atoms with van der Waals surface area (Å²) in [4.78, 5) is 31.1. The zero-order valence-electron chi connectivity index (χ0n) is 43.5. The van der Waals surface area contributed by atoms with Gasteiger partial charge in [0.2, 0.25) is 0 Å². The largest absolute Gasteiger partial charge is 0.377 e. The van der Waals surface area contributed by atoms with Crippen molar-refractivity contribution in [2.45, 2.75) is 78.4 Å². The van der Waals surface area contributed by atoms with Crippen molar-refractivity contribution in [3.63, 3.8) is 0 Å². The molecule has 20 bridgehead atoms. The lowest BCUT2D eigenvalue weighted by Crippen LogP contribution is -1.96. The zero-order valence-corrected chi connectivity index (χ0v) is 43.5. The van der Waals surface area contributed by atoms with Crippen LogP contribution in [0.15, 0.2) is 194 Å². The Morgan fingerprint density at radius 2 is 0.474 bits per heavy atom. The lowest BCUT2D eigenvalue weighted by atomic mass is 10.1. The highest BCUT2D eigenvalue weighted by Gasteiger charge is 2.06. The number of hydrogen-bond acceptors (Lipinski definition) is 8. The number of aromatic nitrogens is 6. The molecule has 0 aliphatic heterocycles. The van der Waals surface area contributed by atoms with Crippen molar-refractivity contribution in [1.29, 1.82) is 0 Å². The Labute approximate surface area is 443 Å². The van der Waals surface area contributed by atoms with E-state index in [9.17, 15) is 0 Å². The summed E-state index contributed by atoms with van der Waals surface area (Å²) in [5.41, 5.74) is 12.4. The predicted octanol–water partition coefficient (Wildman–Crippen LogP) is 17.7. The van der Waals surface area contributed by atoms with Crippen LogP contribution in [-0.2, 0) is 22.7 Å². The van der Waals surface area contributed by atoms with Gasteiger partial charge in [-0.05, 0) is 96.8 Å². The number of rotatable bonds is 14. The third-order valence-corrected chi connectivity index (χ3v) is 14.0. The lowest BCUT2D eigenvalue weighted by molar-refractivity contribution is 0.117. The summed E-state index contributed by atoms with van der Waals surface area (Å²) in [6.07, 6.45) is 9.32. The number of benzene rings is 4. The summed E-state index contributed by atoms with van der Waals surface area (Å²) in [6.45, 7) is 6.97. The fourth-order valence-corrected chi connectivity index (χ4v) is 9.77. The van der Waals surface area contributed by atoms with Gasteiger partial charge in [0, 0.05) is 56.3 Å². The molecule has 0 spiro atoms. The Morgan fingerprint density at radius 1 is 0.250 bits per heavy atom. The van der Waals surface area contributed by atoms with Gasteiger partial charge in [0.15, 0.2) is 0 Å². The van der Waals surface area contributed by atoms with Crippen LogP contribution in [0.3, 0.4) is 0 Å². The molecule has 17 rings (SSSR count). The minimum Gasteiger partial charge on any atom is -0.377 e. The average Bonchev–Trinajstić information content (AvgIpc) is 3.49. The van der Waals surface area contributed by atoms with Crippen molar-refractivity contribution in [2.75, 3.05) is 13.2 Å². The van der Waals surface area contributed by atoms with Crippen molar-refractivity contribution in [3.8, 4) is 0 Å². The molecule has 0 radical (unpaired) electrons. The van der Waals surface area contributed by atoms with Crippen LogP contribution in [0, 0.1) is 0 Å². The van der Waals surface area contributed by atoms with Gasteiger partial charge in [0.1, 0.15) is 0 Å². The first-order valence-corrected chi connectivity index (χ1v) is 27.0. The van der Waals surface area contributed by atoms with Crippen molar-refractivity contribution in [3.05, 3.63) is 205 Å². The van der Waals surface area contributed by atoms with Crippen LogP contribution in [0.25, 0.3) is 109 Å². The van der Waals surface area contributed by atoms with Crippen LogP contribution >= 0.6 is 0 Å². The highest BCUT2D eigenvalue weighted by molar-refractivity contribution is 5.94. The summed E-state index contributed by atoms with van der Waals surface area (Å²) >= 11 is 0. The van der Waals surface area contributed by atoms with E-state index in [0.29, 0.717) is 13.2 Å². The molecule has 0 atom stereocenters. The van der Waals surface area contributed by atoms with E-state index in [1.54, 1.807) is 0 Å². The van der Waals surface area contributed by atoms with Crippen LogP contribution < -0.4 is 0 Å². The Bertz CT molecular complexity index is 3600. The first kappa shape index (κ1) is 49.9. The normalized spacial score (nSPS) is 11.5. The highest BCUT2D eigenvalue weighted by Crippen LogP contribution is 2.25. The summed E-state index contributed by atoms with van der Waals surface area (Å²) in [7, 11) is 0. The first-order valence-electron chi connectivity index (χ1n) is 27.0. The van der Waals surface area contributed by atoms with Gasteiger partial charge < -0.3 is 9.47 Å². The van der Waals surface area contributed by atoms with E-state index in [1.807, 2.05) is 24.3 Å². The van der Waals surface area contributed by atoms with E-state index in [1.165, 1.54) is 38.5 Å². The van der Waals surface area contributed by atoms with Crippen molar-refractivity contribution in [1.82, 2.24) is 29.9 Å². The van der Waals surface area contributed by atoms with Gasteiger partial charge >= 0.3 is 0 Å². The number of ether oxygens (including phenoxy) is 2. The Balaban J connectivity index is 1.08. The molecule has 0 amide bonds. The van der Waals surface area contributed by atoms with Gasteiger partial charge in [-0.2, -0.15) is 0 Å². The fraction of sp³-hybridized carbons (Fsp3) is 0.206. The third-order valence-electron chi connectivity index (χ3n) is 14.0. The molecule has 0 aliphatic carbocycles. The quantitative estimate of drug-likeness (QED) is 0.0994. The number of hydrogen-bond donors (Lipinski definition) is 0. The Hall–Kier alpha value is -8.30. The van der Waals surface area contributed by atoms with Crippen LogP contribution in [0.1, 0.15) is 76.3 Å². The highest BCUT2D eigenvalue weighted by atomic mass is 16.5. The minimum absolute atomic E-state index is 0.515. The number of unbranched alkanes of at least 4 members (excludes halogenated alkanes) is 6. The molecule has 13 aromatic heterocycles. The van der Waals surface area contributed by atoms with E-state index in [2.05, 4.69) is 184 Å². The molecule has 376 valence electrons. The molecule has 0 fully saturated rings. The Kier molecular flexibility index (Phi) is 15.7. The SMILES string of the molecule is CCCCCCOCc1cc2nc(c1)c1ccc(cc1)c1cccc(n1)c1cccc(n1)c1ccc(cc1)c1cc(COCCCCCC)cc(n1)c1ccc(cc1)c1cccc(n1)c1cccc(n1)c1ccc2cc1. The molecule has 4 aromatic carbocycles. The number of pyridine rings is 6. The van der Waals surface area contributed by atoms with E-state index in [0.717, 1.165) is 146 Å². The van der Waals surface area contributed by atoms with Gasteiger partial charge in [0.05, 0.1) is 79.4 Å². The van der Waals surface area contributed by atoms with Crippen LogP contribution in [0.5, 0.6) is 0 Å². The molecule has 0 aliphatic rings. The molecule has 0 saturated heterocycles. The summed E-state index contributed by atoms with van der Waals surface area (Å²) in [6, 6.07) is 67.3. The summed E-state index contributed by atoms with van der Waals surface area (Å²) in [5.74, 6) is 0. The molecule has 0 unspecified atom stereocenters. The second-order valence-corrected chi connectivity index (χ2v) is 19.7. The number of nitrogens with zero attached hydrogens (tertiary/aromatic N) is 6. The lowest BCUT2D eigenvalue weighted by Gasteiger charge is -2.07. The molecule has 8 nitrogen and oxygen atoms in total. The van der Waals surface area contributed by atoms with E-state index in [4.69, 9.17) is 39.4 Å². The second-order valence-electron chi connectivity index (χ2n) is 19.7. The fourth-order valence-electron chi connectivity index (χ4n) is 9.77. The molecule has 17 aromatic rings. The smallest absolute Gasteiger partial charge is 0.0893 e. The Morgan fingerprint density at radius 3 is 0.724 bits per heavy atom. The van der Waals surface area contributed by atoms with Crippen LogP contribution in [0.2, 0.25) is 0 Å². The van der Waals surface area contributed by atoms with E-state index in [-0.39, 0.29) is 0 Å². The maximum atomic E-state index is 6.25. The monoisotopic (exact) mass is 994 g/mol. The average molecular weight is 995 g/mol. The molecular weight excluding hydrogens is 933 g/mol. The minimum atomic E-state index is 0.515. The topological polar surface area (TPSA) is 95.8 Å². The van der Waals surface area contributed by atoms with Crippen LogP contribution in [0.4, 0.5) is 0 Å². The standard InChI is InChI=1S/C68H62N6O2/c1-3-5-7-9-39-75-45-47-41-65-53-31-23-49(24-32-53)57-15-11-19-61(69-57)63-21-13-17-59(71-63)51-27-35-55(36-28-51)67-43-48(46-76-40-10-8-6-4-2)44-68(74-67)56-37-29-52(30-38-56)60-18-14-22-64(72-60)62-20-12-16-58(70-62)50-25-33-54(34-26-50)66(42-47)73-65/h11-38,41-44H,3-10,39-40,45-46H2,1-2H3. The van der Waals surface area contributed by atoms with Gasteiger partial charge in [0.25, 0.3) is 0 Å². The molecule has 0 N–H and O–H groups in total. The zero-order chi connectivity index (χ0) is 51.5. The molecule has 76 heavy (non-hydrogen) atoms. The molecule has 8 heteroatoms. The third kappa shape index (κ3) is 12.0. The van der Waals surface area contributed by atoms with Gasteiger partial charge in [-0.1, -0.05) is 174 Å². The van der Waals surface area contributed by atoms with Gasteiger partial charge in [-0.25, -0.2) is 29.9 Å². The second kappa shape index (κ2) is 23.9. The van der Waals surface area contributed by atoms with Crippen molar-refractivity contribution in [2.24, 2.45) is 0 Å². The summed E-state index contributed by atoms with van der Waals surface area (Å²) in [5, 5.41) is 8.10. The maximum Gasteiger partial charge on any atom is 0.0893 e. The van der Waals surface area contributed by atoms with Crippen molar-refractivity contribution >= 4 is 109 Å². The predicted molar refractivity (Wildman–Crippen MR) is 318 cm³/mol.